The van der Waals surface area contributed by atoms with E-state index in [2.05, 4.69) is 9.88 Å². The van der Waals surface area contributed by atoms with E-state index in [1.165, 1.54) is 6.39 Å². The summed E-state index contributed by atoms with van der Waals surface area (Å²) >= 11 is 0. The van der Waals surface area contributed by atoms with E-state index in [0.29, 0.717) is 60.8 Å². The van der Waals surface area contributed by atoms with Crippen LogP contribution in [0.15, 0.2) is 62.8 Å². The monoisotopic (exact) mass is 531 g/mol. The molecule has 39 heavy (non-hydrogen) atoms. The van der Waals surface area contributed by atoms with Crippen LogP contribution in [0.1, 0.15) is 37.8 Å². The highest BCUT2D eigenvalue weighted by molar-refractivity contribution is 6.19. The number of carbonyl (C=O) groups is 2. The van der Waals surface area contributed by atoms with E-state index in [4.69, 9.17) is 8.83 Å². The summed E-state index contributed by atoms with van der Waals surface area (Å²) in [6.07, 6.45) is 4.76. The zero-order valence-corrected chi connectivity index (χ0v) is 22.9. The molecule has 0 spiro atoms. The maximum absolute atomic E-state index is 13.2. The molecular weight excluding hydrogens is 498 g/mol. The molecule has 0 fully saturated rings. The molecule has 1 aliphatic rings. The van der Waals surface area contributed by atoms with Gasteiger partial charge in [-0.3, -0.25) is 19.3 Å². The summed E-state index contributed by atoms with van der Waals surface area (Å²) in [7, 11) is 1.71. The molecule has 1 aliphatic heterocycles. The van der Waals surface area contributed by atoms with Crippen LogP contribution in [0.2, 0.25) is 0 Å². The Hall–Kier alpha value is -4.18. The van der Waals surface area contributed by atoms with Crippen molar-refractivity contribution in [1.29, 1.82) is 0 Å². The number of carbonyl (C=O) groups excluding carboxylic acids is 2. The van der Waals surface area contributed by atoms with Crippen molar-refractivity contribution < 1.29 is 18.4 Å². The van der Waals surface area contributed by atoms with Crippen LogP contribution >= 0.6 is 0 Å². The Labute approximate surface area is 226 Å². The summed E-state index contributed by atoms with van der Waals surface area (Å²) in [5.41, 5.74) is 2.47. The Kier molecular flexibility index (Phi) is 6.90. The lowest BCUT2D eigenvalue weighted by atomic mass is 9.90. The highest BCUT2D eigenvalue weighted by Gasteiger charge is 2.45. The molecule has 4 heterocycles. The first-order valence-corrected chi connectivity index (χ1v) is 13.0. The molecule has 4 aromatic rings. The Balaban J connectivity index is 1.43. The predicted octanol–water partition coefficient (Wildman–Crippen LogP) is 3.95. The second-order valence-electron chi connectivity index (χ2n) is 10.5. The number of anilines is 2. The summed E-state index contributed by atoms with van der Waals surface area (Å²) in [5, 5.41) is 0.564. The number of rotatable bonds is 8. The molecule has 3 aromatic heterocycles. The molecule has 10 heteroatoms. The topological polar surface area (TPSA) is 105 Å². The van der Waals surface area contributed by atoms with Gasteiger partial charge in [-0.2, -0.15) is 0 Å². The number of nitrogens with zero attached hydrogens (tertiary/aromatic N) is 5. The van der Waals surface area contributed by atoms with E-state index < -0.39 is 5.41 Å². The normalized spacial score (nSPS) is 15.3. The second kappa shape index (κ2) is 10.2. The van der Waals surface area contributed by atoms with Crippen molar-refractivity contribution in [1.82, 2.24) is 14.5 Å². The molecule has 0 atom stereocenters. The summed E-state index contributed by atoms with van der Waals surface area (Å²) in [5.74, 6) is 0.243. The van der Waals surface area contributed by atoms with Crippen molar-refractivity contribution in [2.24, 2.45) is 5.41 Å². The standard InChI is InChI=1S/C29H33N5O5/c1-6-34-23-8-7-20(14-24(23)31(5)27(36)29(3,4)28(34)37)15-32(16-21-17-38-18-30-21)11-12-33-10-9-25-22(26(33)35)13-19(2)39-25/h7-10,13-14,17-18H,6,11-12,15-16H2,1-5H3. The molecule has 0 radical (unpaired) electrons. The molecule has 0 unspecified atom stereocenters. The lowest BCUT2D eigenvalue weighted by Crippen LogP contribution is -2.47. The van der Waals surface area contributed by atoms with Gasteiger partial charge in [0.05, 0.1) is 22.5 Å². The molecular formula is C29H33N5O5. The smallest absolute Gasteiger partial charge is 0.261 e. The molecule has 1 aromatic carbocycles. The van der Waals surface area contributed by atoms with Crippen LogP contribution in [0.5, 0.6) is 0 Å². The summed E-state index contributed by atoms with van der Waals surface area (Å²) in [4.78, 5) is 49.2. The molecule has 10 nitrogen and oxygen atoms in total. The van der Waals surface area contributed by atoms with Crippen LogP contribution in [-0.2, 0) is 29.2 Å². The number of hydrogen-bond acceptors (Lipinski definition) is 7. The van der Waals surface area contributed by atoms with Crippen LogP contribution in [0.4, 0.5) is 11.4 Å². The third-order valence-electron chi connectivity index (χ3n) is 7.34. The Morgan fingerprint density at radius 1 is 1.03 bits per heavy atom. The van der Waals surface area contributed by atoms with Gasteiger partial charge in [0.25, 0.3) is 5.56 Å². The first-order chi connectivity index (χ1) is 18.6. The highest BCUT2D eigenvalue weighted by atomic mass is 16.3. The molecule has 0 saturated carbocycles. The van der Waals surface area contributed by atoms with Crippen LogP contribution < -0.4 is 15.4 Å². The maximum Gasteiger partial charge on any atom is 0.261 e. The van der Waals surface area contributed by atoms with Crippen molar-refractivity contribution in [3.8, 4) is 0 Å². The van der Waals surface area contributed by atoms with E-state index in [1.54, 1.807) is 53.8 Å². The van der Waals surface area contributed by atoms with Gasteiger partial charge in [-0.1, -0.05) is 6.07 Å². The van der Waals surface area contributed by atoms with E-state index in [1.807, 2.05) is 38.1 Å². The average Bonchev–Trinajstić information content (AvgIpc) is 3.56. The zero-order valence-electron chi connectivity index (χ0n) is 22.9. The Bertz CT molecular complexity index is 1580. The van der Waals surface area contributed by atoms with Crippen LogP contribution in [0, 0.1) is 12.3 Å². The van der Waals surface area contributed by atoms with Gasteiger partial charge in [0.15, 0.2) is 6.39 Å². The highest BCUT2D eigenvalue weighted by Crippen LogP contribution is 2.39. The number of aromatic nitrogens is 2. The third-order valence-corrected chi connectivity index (χ3v) is 7.34. The molecule has 204 valence electrons. The van der Waals surface area contributed by atoms with Gasteiger partial charge < -0.3 is 23.2 Å². The molecule has 0 saturated heterocycles. The largest absolute Gasteiger partial charge is 0.461 e. The van der Waals surface area contributed by atoms with Crippen LogP contribution in [0.25, 0.3) is 11.0 Å². The lowest BCUT2D eigenvalue weighted by molar-refractivity contribution is -0.137. The first kappa shape index (κ1) is 26.4. The van der Waals surface area contributed by atoms with Crippen molar-refractivity contribution in [2.45, 2.75) is 47.3 Å². The summed E-state index contributed by atoms with van der Waals surface area (Å²) < 4.78 is 12.5. The first-order valence-electron chi connectivity index (χ1n) is 13.0. The van der Waals surface area contributed by atoms with E-state index in [9.17, 15) is 14.4 Å². The van der Waals surface area contributed by atoms with Crippen molar-refractivity contribution in [2.75, 3.05) is 29.9 Å². The number of hydrogen-bond donors (Lipinski definition) is 0. The molecule has 2 amide bonds. The third kappa shape index (κ3) is 4.87. The molecule has 0 bridgehead atoms. The molecule has 5 rings (SSSR count). The molecule has 0 N–H and O–H groups in total. The number of benzene rings is 1. The van der Waals surface area contributed by atoms with E-state index in [0.717, 1.165) is 11.3 Å². The van der Waals surface area contributed by atoms with Crippen LogP contribution in [-0.4, -0.2) is 46.4 Å². The fourth-order valence-corrected chi connectivity index (χ4v) is 5.19. The Morgan fingerprint density at radius 2 is 1.82 bits per heavy atom. The number of aryl methyl sites for hydroxylation is 1. The van der Waals surface area contributed by atoms with E-state index in [-0.39, 0.29) is 17.4 Å². The number of fused-ring (bicyclic) bond motifs is 2. The van der Waals surface area contributed by atoms with Gasteiger partial charge in [-0.05, 0) is 57.5 Å². The Morgan fingerprint density at radius 3 is 2.54 bits per heavy atom. The number of amides is 2. The van der Waals surface area contributed by atoms with Crippen LogP contribution in [0.3, 0.4) is 0 Å². The SMILES string of the molecule is CCN1C(=O)C(C)(C)C(=O)N(C)c2cc(CN(CCn3ccc4oc(C)cc4c3=O)Cc3cocn3)ccc21. The number of oxazole rings is 1. The van der Waals surface area contributed by atoms with Gasteiger partial charge in [-0.25, -0.2) is 4.98 Å². The lowest BCUT2D eigenvalue weighted by Gasteiger charge is -2.27. The van der Waals surface area contributed by atoms with Crippen molar-refractivity contribution in [3.63, 3.8) is 0 Å². The number of furan rings is 1. The van der Waals surface area contributed by atoms with Gasteiger partial charge >= 0.3 is 0 Å². The fraction of sp³-hybridized carbons (Fsp3) is 0.379. The number of pyridine rings is 1. The summed E-state index contributed by atoms with van der Waals surface area (Å²) in [6.45, 7) is 9.62. The van der Waals surface area contributed by atoms with Crippen molar-refractivity contribution in [3.05, 3.63) is 76.6 Å². The minimum absolute atomic E-state index is 0.0946. The minimum Gasteiger partial charge on any atom is -0.461 e. The van der Waals surface area contributed by atoms with Gasteiger partial charge in [0, 0.05) is 46.0 Å². The quantitative estimate of drug-likeness (QED) is 0.317. The van der Waals surface area contributed by atoms with Crippen molar-refractivity contribution >= 4 is 34.2 Å². The molecule has 0 aliphatic carbocycles. The minimum atomic E-state index is -1.16. The van der Waals surface area contributed by atoms with Gasteiger partial charge in [0.1, 0.15) is 23.0 Å². The van der Waals surface area contributed by atoms with E-state index >= 15 is 0 Å². The van der Waals surface area contributed by atoms with Gasteiger partial charge in [-0.15, -0.1) is 0 Å². The average molecular weight is 532 g/mol. The summed E-state index contributed by atoms with van der Waals surface area (Å²) in [6, 6.07) is 9.43. The van der Waals surface area contributed by atoms with Gasteiger partial charge in [0.2, 0.25) is 11.8 Å². The predicted molar refractivity (Wildman–Crippen MR) is 147 cm³/mol. The zero-order chi connectivity index (χ0) is 27.9. The second-order valence-corrected chi connectivity index (χ2v) is 10.5. The fourth-order valence-electron chi connectivity index (χ4n) is 5.19. The maximum atomic E-state index is 13.2.